The van der Waals surface area contributed by atoms with Gasteiger partial charge in [0.1, 0.15) is 0 Å². The number of fused-ring (bicyclic) bond motifs is 8. The standard InChI is InChI=1S/C39H24BrN5/c40-39-34-21-19-32(44-34)36(25-7-3-1-4-8-25)28-15-17-30(42-28)38(27-13-11-24(23-41)12-14-27)31-18-16-29(43-31)37(26-9-5-2-6-10-26)33-20-22-35(39)45-33/h1-22,42,45H. The minimum absolute atomic E-state index is 0.610. The maximum Gasteiger partial charge on any atom is 0.0991 e. The number of benzene rings is 3. The Bertz CT molecular complexity index is 2340. The highest BCUT2D eigenvalue weighted by atomic mass is 79.9. The first kappa shape index (κ1) is 26.8. The molecule has 2 aliphatic rings. The van der Waals surface area contributed by atoms with E-state index in [2.05, 4.69) is 98.7 Å². The summed E-state index contributed by atoms with van der Waals surface area (Å²) in [6, 6.07) is 38.9. The van der Waals surface area contributed by atoms with E-state index < -0.39 is 0 Å². The summed E-state index contributed by atoms with van der Waals surface area (Å²) in [5.41, 5.74) is 13.8. The third kappa shape index (κ3) is 4.80. The molecule has 0 amide bonds. The van der Waals surface area contributed by atoms with Crippen LogP contribution < -0.4 is 0 Å². The fourth-order valence-corrected chi connectivity index (χ4v) is 6.46. The monoisotopic (exact) mass is 641 g/mol. The molecule has 3 aromatic heterocycles. The van der Waals surface area contributed by atoms with Crippen molar-refractivity contribution in [1.29, 1.82) is 5.26 Å². The van der Waals surface area contributed by atoms with Gasteiger partial charge in [-0.2, -0.15) is 5.26 Å². The van der Waals surface area contributed by atoms with E-state index in [0.717, 1.165) is 82.7 Å². The summed E-state index contributed by atoms with van der Waals surface area (Å²) in [4.78, 5) is 17.7. The van der Waals surface area contributed by atoms with Crippen LogP contribution in [0.15, 0.2) is 114 Å². The number of rotatable bonds is 3. The van der Waals surface area contributed by atoms with Crippen LogP contribution in [0.25, 0.3) is 79.8 Å². The molecule has 6 aromatic rings. The number of nitrogens with zero attached hydrogens (tertiary/aromatic N) is 3. The smallest absolute Gasteiger partial charge is 0.0991 e. The average molecular weight is 643 g/mol. The zero-order valence-electron chi connectivity index (χ0n) is 23.9. The lowest BCUT2D eigenvalue weighted by atomic mass is 10.0. The molecule has 2 aliphatic heterocycles. The average Bonchev–Trinajstić information content (AvgIpc) is 3.92. The summed E-state index contributed by atoms with van der Waals surface area (Å²) in [7, 11) is 0. The zero-order valence-corrected chi connectivity index (χ0v) is 25.5. The SMILES string of the molecule is N#Cc1ccc(-c2c3nc(c(-c4ccccc4)c4ccc([nH]4)c(Br)c4nc(c(-c5ccccc5)c5ccc2[nH]5)C=C4)C=C3)cc1. The van der Waals surface area contributed by atoms with Gasteiger partial charge in [0, 0.05) is 33.2 Å². The third-order valence-electron chi connectivity index (χ3n) is 8.12. The topological polar surface area (TPSA) is 81.2 Å². The van der Waals surface area contributed by atoms with Crippen LogP contribution in [0.4, 0.5) is 0 Å². The second-order valence-corrected chi connectivity index (χ2v) is 11.7. The van der Waals surface area contributed by atoms with Crippen LogP contribution in [0, 0.1) is 11.3 Å². The summed E-state index contributed by atoms with van der Waals surface area (Å²) in [6.45, 7) is 0. The van der Waals surface area contributed by atoms with E-state index in [0.29, 0.717) is 5.56 Å². The minimum atomic E-state index is 0.610. The lowest BCUT2D eigenvalue weighted by molar-refractivity contribution is 1.30. The summed E-state index contributed by atoms with van der Waals surface area (Å²) >= 11 is 3.85. The summed E-state index contributed by atoms with van der Waals surface area (Å²) < 4.78 is 0.881. The molecule has 0 saturated heterocycles. The lowest BCUT2D eigenvalue weighted by Gasteiger charge is -2.06. The zero-order chi connectivity index (χ0) is 30.3. The van der Waals surface area contributed by atoms with Crippen LogP contribution in [0.3, 0.4) is 0 Å². The Balaban J connectivity index is 1.55. The number of aromatic nitrogens is 4. The Morgan fingerprint density at radius 3 is 1.36 bits per heavy atom. The van der Waals surface area contributed by atoms with E-state index in [1.54, 1.807) is 0 Å². The molecule has 0 atom stereocenters. The van der Waals surface area contributed by atoms with Gasteiger partial charge in [0.2, 0.25) is 0 Å². The molecule has 0 unspecified atom stereocenters. The van der Waals surface area contributed by atoms with Gasteiger partial charge in [-0.15, -0.1) is 0 Å². The Kier molecular flexibility index (Phi) is 6.59. The van der Waals surface area contributed by atoms with E-state index in [1.807, 2.05) is 66.7 Å². The number of hydrogen-bond donors (Lipinski definition) is 2. The third-order valence-corrected chi connectivity index (χ3v) is 8.95. The molecule has 2 N–H and O–H groups in total. The van der Waals surface area contributed by atoms with E-state index in [4.69, 9.17) is 9.97 Å². The molecular formula is C39H24BrN5. The van der Waals surface area contributed by atoms with Gasteiger partial charge in [-0.25, -0.2) is 9.97 Å². The van der Waals surface area contributed by atoms with E-state index in [1.165, 1.54) is 0 Å². The normalized spacial score (nSPS) is 11.9. The highest BCUT2D eigenvalue weighted by Crippen LogP contribution is 2.37. The molecule has 212 valence electrons. The van der Waals surface area contributed by atoms with Crippen molar-refractivity contribution in [3.8, 4) is 39.4 Å². The fourth-order valence-electron chi connectivity index (χ4n) is 6.00. The Labute approximate surface area is 268 Å². The van der Waals surface area contributed by atoms with Gasteiger partial charge in [0.25, 0.3) is 0 Å². The van der Waals surface area contributed by atoms with Crippen LogP contribution in [0.2, 0.25) is 0 Å². The molecule has 5 heterocycles. The summed E-state index contributed by atoms with van der Waals surface area (Å²) in [6.07, 6.45) is 8.27. The molecule has 45 heavy (non-hydrogen) atoms. The molecule has 0 radical (unpaired) electrons. The van der Waals surface area contributed by atoms with Crippen molar-refractivity contribution >= 4 is 62.3 Å². The molecule has 0 saturated carbocycles. The van der Waals surface area contributed by atoms with Crippen molar-refractivity contribution in [2.45, 2.75) is 0 Å². The minimum Gasteiger partial charge on any atom is -0.354 e. The van der Waals surface area contributed by atoms with Crippen molar-refractivity contribution in [3.63, 3.8) is 0 Å². The van der Waals surface area contributed by atoms with E-state index >= 15 is 0 Å². The number of H-pyrrole nitrogens is 2. The van der Waals surface area contributed by atoms with Crippen LogP contribution in [-0.2, 0) is 0 Å². The predicted molar refractivity (Wildman–Crippen MR) is 188 cm³/mol. The van der Waals surface area contributed by atoms with Crippen molar-refractivity contribution in [2.75, 3.05) is 0 Å². The number of hydrogen-bond acceptors (Lipinski definition) is 3. The molecule has 0 spiro atoms. The van der Waals surface area contributed by atoms with Crippen LogP contribution in [-0.4, -0.2) is 19.9 Å². The van der Waals surface area contributed by atoms with Gasteiger partial charge in [-0.3, -0.25) is 0 Å². The number of aromatic amines is 2. The van der Waals surface area contributed by atoms with Gasteiger partial charge in [0.05, 0.1) is 44.4 Å². The predicted octanol–water partition coefficient (Wildman–Crippen LogP) is 10.3. The van der Waals surface area contributed by atoms with Gasteiger partial charge >= 0.3 is 0 Å². The van der Waals surface area contributed by atoms with Crippen LogP contribution in [0.1, 0.15) is 28.3 Å². The first-order valence-corrected chi connectivity index (χ1v) is 15.4. The number of nitrogens with one attached hydrogen (secondary N) is 2. The van der Waals surface area contributed by atoms with Crippen molar-refractivity contribution in [1.82, 2.24) is 19.9 Å². The first-order chi connectivity index (χ1) is 22.2. The molecule has 8 bridgehead atoms. The molecule has 5 nitrogen and oxygen atoms in total. The molecule has 0 fully saturated rings. The summed E-state index contributed by atoms with van der Waals surface area (Å²) in [5, 5.41) is 9.47. The molecule has 8 rings (SSSR count). The second kappa shape index (κ2) is 11.1. The Morgan fingerprint density at radius 2 is 0.867 bits per heavy atom. The summed E-state index contributed by atoms with van der Waals surface area (Å²) in [5.74, 6) is 0. The largest absolute Gasteiger partial charge is 0.354 e. The van der Waals surface area contributed by atoms with Crippen LogP contribution >= 0.6 is 15.9 Å². The van der Waals surface area contributed by atoms with Crippen LogP contribution in [0.5, 0.6) is 0 Å². The highest BCUT2D eigenvalue weighted by molar-refractivity contribution is 9.10. The Hall–Kier alpha value is -5.77. The maximum atomic E-state index is 9.47. The fraction of sp³-hybridized carbons (Fsp3) is 0. The van der Waals surface area contributed by atoms with Gasteiger partial charge in [0.15, 0.2) is 0 Å². The number of halogens is 1. The molecule has 3 aromatic carbocycles. The Morgan fingerprint density at radius 1 is 0.467 bits per heavy atom. The van der Waals surface area contributed by atoms with Crippen molar-refractivity contribution in [2.24, 2.45) is 0 Å². The second-order valence-electron chi connectivity index (χ2n) is 10.9. The molecule has 6 heteroatoms. The molecule has 0 aliphatic carbocycles. The van der Waals surface area contributed by atoms with Crippen molar-refractivity contribution in [3.05, 3.63) is 142 Å². The maximum absolute atomic E-state index is 9.47. The molecular weight excluding hydrogens is 618 g/mol. The van der Waals surface area contributed by atoms with Gasteiger partial charge in [-0.05, 0) is 93.3 Å². The van der Waals surface area contributed by atoms with E-state index in [-0.39, 0.29) is 0 Å². The first-order valence-electron chi connectivity index (χ1n) is 14.6. The van der Waals surface area contributed by atoms with Gasteiger partial charge < -0.3 is 9.97 Å². The highest BCUT2D eigenvalue weighted by Gasteiger charge is 2.17. The van der Waals surface area contributed by atoms with Gasteiger partial charge in [-0.1, -0.05) is 72.8 Å². The quantitative estimate of drug-likeness (QED) is 0.201. The lowest BCUT2D eigenvalue weighted by Crippen LogP contribution is -1.89. The number of nitriles is 1. The van der Waals surface area contributed by atoms with Crippen molar-refractivity contribution < 1.29 is 0 Å². The van der Waals surface area contributed by atoms with E-state index in [9.17, 15) is 5.26 Å².